The second kappa shape index (κ2) is 6.68. The van der Waals surface area contributed by atoms with E-state index >= 15 is 0 Å². The van der Waals surface area contributed by atoms with E-state index in [1.54, 1.807) is 13.4 Å². The van der Waals surface area contributed by atoms with Crippen molar-refractivity contribution < 1.29 is 9.47 Å². The molecule has 1 aliphatic rings. The highest BCUT2D eigenvalue weighted by molar-refractivity contribution is 4.86. The Labute approximate surface area is 101 Å². The van der Waals surface area contributed by atoms with Crippen molar-refractivity contribution in [2.45, 2.75) is 32.0 Å². The number of hydrogen-bond donors (Lipinski definition) is 1. The molecule has 0 radical (unpaired) electrons. The average Bonchev–Trinajstić information content (AvgIpc) is 2.82. The predicted molar refractivity (Wildman–Crippen MR) is 62.6 cm³/mol. The van der Waals surface area contributed by atoms with Crippen molar-refractivity contribution in [1.29, 1.82) is 0 Å². The maximum absolute atomic E-state index is 5.42. The molecule has 0 saturated carbocycles. The largest absolute Gasteiger partial charge is 0.383 e. The van der Waals surface area contributed by atoms with Crippen LogP contribution >= 0.6 is 0 Å². The fraction of sp³-hybridized carbons (Fsp3) is 0.818. The summed E-state index contributed by atoms with van der Waals surface area (Å²) in [5, 5.41) is 11.5. The summed E-state index contributed by atoms with van der Waals surface area (Å²) in [4.78, 5) is 0. The number of ether oxygens (including phenoxy) is 2. The van der Waals surface area contributed by atoms with Crippen molar-refractivity contribution >= 4 is 0 Å². The zero-order valence-electron chi connectivity index (χ0n) is 10.3. The second-order valence-electron chi connectivity index (χ2n) is 4.23. The Morgan fingerprint density at radius 1 is 1.65 bits per heavy atom. The Balaban J connectivity index is 1.79. The monoisotopic (exact) mass is 240 g/mol. The third-order valence-electron chi connectivity index (χ3n) is 2.94. The maximum atomic E-state index is 5.42. The number of aromatic nitrogens is 3. The summed E-state index contributed by atoms with van der Waals surface area (Å²) < 4.78 is 12.5. The minimum Gasteiger partial charge on any atom is -0.383 e. The Morgan fingerprint density at radius 2 is 2.59 bits per heavy atom. The van der Waals surface area contributed by atoms with Gasteiger partial charge in [-0.15, -0.1) is 10.2 Å². The first kappa shape index (κ1) is 12.5. The van der Waals surface area contributed by atoms with Crippen LogP contribution in [0.5, 0.6) is 0 Å². The Hall–Kier alpha value is -0.980. The molecule has 0 amide bonds. The molecule has 17 heavy (non-hydrogen) atoms. The average molecular weight is 240 g/mol. The number of hydrogen-bond acceptors (Lipinski definition) is 5. The van der Waals surface area contributed by atoms with Gasteiger partial charge in [-0.05, 0) is 12.8 Å². The molecule has 1 N–H and O–H groups in total. The highest BCUT2D eigenvalue weighted by Gasteiger charge is 2.14. The van der Waals surface area contributed by atoms with Crippen molar-refractivity contribution in [2.75, 3.05) is 26.9 Å². The zero-order valence-corrected chi connectivity index (χ0v) is 10.3. The van der Waals surface area contributed by atoms with Gasteiger partial charge in [-0.25, -0.2) is 0 Å². The SMILES string of the molecule is COCCn1cnnc1CNC1CCCOC1. The molecule has 96 valence electrons. The summed E-state index contributed by atoms with van der Waals surface area (Å²) in [5.41, 5.74) is 0. The molecule has 0 spiro atoms. The maximum Gasteiger partial charge on any atom is 0.146 e. The van der Waals surface area contributed by atoms with E-state index in [1.165, 1.54) is 6.42 Å². The lowest BCUT2D eigenvalue weighted by molar-refractivity contribution is 0.0695. The molecule has 1 aromatic rings. The number of nitrogens with zero attached hydrogens (tertiary/aromatic N) is 3. The molecule has 1 unspecified atom stereocenters. The third-order valence-corrected chi connectivity index (χ3v) is 2.94. The van der Waals surface area contributed by atoms with Gasteiger partial charge >= 0.3 is 0 Å². The van der Waals surface area contributed by atoms with Gasteiger partial charge in [0.05, 0.1) is 19.8 Å². The molecule has 1 aliphatic heterocycles. The molecule has 1 fully saturated rings. The van der Waals surface area contributed by atoms with Gasteiger partial charge in [0, 0.05) is 26.3 Å². The first-order chi connectivity index (χ1) is 8.40. The molecule has 0 aromatic carbocycles. The van der Waals surface area contributed by atoms with E-state index in [0.29, 0.717) is 12.6 Å². The van der Waals surface area contributed by atoms with Crippen LogP contribution in [0.4, 0.5) is 0 Å². The lowest BCUT2D eigenvalue weighted by Gasteiger charge is -2.23. The number of rotatable bonds is 6. The summed E-state index contributed by atoms with van der Waals surface area (Å²) in [7, 11) is 1.70. The van der Waals surface area contributed by atoms with Crippen molar-refractivity contribution in [3.8, 4) is 0 Å². The van der Waals surface area contributed by atoms with Crippen LogP contribution in [-0.2, 0) is 22.6 Å². The molecule has 2 rings (SSSR count). The minimum atomic E-state index is 0.441. The summed E-state index contributed by atoms with van der Waals surface area (Å²) in [6.07, 6.45) is 4.05. The van der Waals surface area contributed by atoms with Gasteiger partial charge in [-0.3, -0.25) is 0 Å². The summed E-state index contributed by atoms with van der Waals surface area (Å²) in [6.45, 7) is 3.89. The van der Waals surface area contributed by atoms with Crippen molar-refractivity contribution in [3.63, 3.8) is 0 Å². The van der Waals surface area contributed by atoms with Gasteiger partial charge in [0.2, 0.25) is 0 Å². The number of nitrogens with one attached hydrogen (secondary N) is 1. The number of methoxy groups -OCH3 is 1. The molecular formula is C11H20N4O2. The topological polar surface area (TPSA) is 61.2 Å². The molecule has 2 heterocycles. The fourth-order valence-corrected chi connectivity index (χ4v) is 1.93. The van der Waals surface area contributed by atoms with E-state index in [4.69, 9.17) is 9.47 Å². The van der Waals surface area contributed by atoms with Gasteiger partial charge < -0.3 is 19.4 Å². The zero-order chi connectivity index (χ0) is 11.9. The van der Waals surface area contributed by atoms with E-state index in [1.807, 2.05) is 4.57 Å². The van der Waals surface area contributed by atoms with Gasteiger partial charge in [-0.1, -0.05) is 0 Å². The first-order valence-corrected chi connectivity index (χ1v) is 6.07. The second-order valence-corrected chi connectivity index (χ2v) is 4.23. The Morgan fingerprint density at radius 3 is 3.35 bits per heavy atom. The van der Waals surface area contributed by atoms with Crippen LogP contribution in [0, 0.1) is 0 Å². The van der Waals surface area contributed by atoms with E-state index in [-0.39, 0.29) is 0 Å². The molecule has 6 nitrogen and oxygen atoms in total. The lowest BCUT2D eigenvalue weighted by atomic mass is 10.1. The van der Waals surface area contributed by atoms with Gasteiger partial charge in [-0.2, -0.15) is 0 Å². The summed E-state index contributed by atoms with van der Waals surface area (Å²) in [5.74, 6) is 0.952. The van der Waals surface area contributed by atoms with Crippen LogP contribution in [0.1, 0.15) is 18.7 Å². The van der Waals surface area contributed by atoms with Gasteiger partial charge in [0.15, 0.2) is 0 Å². The van der Waals surface area contributed by atoms with E-state index in [2.05, 4.69) is 15.5 Å². The van der Waals surface area contributed by atoms with E-state index < -0.39 is 0 Å². The molecule has 1 saturated heterocycles. The molecule has 1 aromatic heterocycles. The van der Waals surface area contributed by atoms with Gasteiger partial charge in [0.25, 0.3) is 0 Å². The smallest absolute Gasteiger partial charge is 0.146 e. The normalized spacial score (nSPS) is 20.6. The standard InChI is InChI=1S/C11H20N4O2/c1-16-6-4-15-9-13-14-11(15)7-12-10-3-2-5-17-8-10/h9-10,12H,2-8H2,1H3. The van der Waals surface area contributed by atoms with Crippen LogP contribution in [0.2, 0.25) is 0 Å². The third kappa shape index (κ3) is 3.76. The Kier molecular flexibility index (Phi) is 4.90. The molecule has 0 bridgehead atoms. The molecule has 6 heteroatoms. The Bertz CT molecular complexity index is 323. The quantitative estimate of drug-likeness (QED) is 0.769. The van der Waals surface area contributed by atoms with Crippen LogP contribution in [0.25, 0.3) is 0 Å². The molecular weight excluding hydrogens is 220 g/mol. The highest BCUT2D eigenvalue weighted by Crippen LogP contribution is 2.06. The molecule has 0 aliphatic carbocycles. The van der Waals surface area contributed by atoms with Crippen molar-refractivity contribution in [3.05, 3.63) is 12.2 Å². The van der Waals surface area contributed by atoms with Crippen molar-refractivity contribution in [2.24, 2.45) is 0 Å². The van der Waals surface area contributed by atoms with Gasteiger partial charge in [0.1, 0.15) is 12.2 Å². The fourth-order valence-electron chi connectivity index (χ4n) is 1.93. The minimum absolute atomic E-state index is 0.441. The highest BCUT2D eigenvalue weighted by atomic mass is 16.5. The summed E-state index contributed by atoms with van der Waals surface area (Å²) in [6, 6.07) is 0.441. The van der Waals surface area contributed by atoms with E-state index in [9.17, 15) is 0 Å². The van der Waals surface area contributed by atoms with Crippen LogP contribution in [0.3, 0.4) is 0 Å². The van der Waals surface area contributed by atoms with Crippen molar-refractivity contribution in [1.82, 2.24) is 20.1 Å². The lowest BCUT2D eigenvalue weighted by Crippen LogP contribution is -2.37. The predicted octanol–water partition coefficient (Wildman–Crippen LogP) is 0.193. The van der Waals surface area contributed by atoms with Crippen LogP contribution in [0.15, 0.2) is 6.33 Å². The van der Waals surface area contributed by atoms with Crippen LogP contribution < -0.4 is 5.32 Å². The summed E-state index contributed by atoms with van der Waals surface area (Å²) >= 11 is 0. The first-order valence-electron chi connectivity index (χ1n) is 6.07. The molecule has 1 atom stereocenters. The van der Waals surface area contributed by atoms with Crippen LogP contribution in [-0.4, -0.2) is 47.7 Å². The van der Waals surface area contributed by atoms with E-state index in [0.717, 1.165) is 38.5 Å².